The summed E-state index contributed by atoms with van der Waals surface area (Å²) in [7, 11) is 2.15. The van der Waals surface area contributed by atoms with Crippen LogP contribution in [0.2, 0.25) is 0 Å². The molecule has 0 radical (unpaired) electrons. The molecule has 144 valence electrons. The first-order chi connectivity index (χ1) is 14.8. The quantitative estimate of drug-likeness (QED) is 0.320. The molecule has 30 heavy (non-hydrogen) atoms. The smallest absolute Gasteiger partial charge is 0.120 e. The Kier molecular flexibility index (Phi) is 4.74. The van der Waals surface area contributed by atoms with Crippen molar-refractivity contribution >= 4 is 0 Å². The molecule has 0 bridgehead atoms. The van der Waals surface area contributed by atoms with E-state index in [0.29, 0.717) is 0 Å². The second-order valence-corrected chi connectivity index (χ2v) is 7.34. The lowest BCUT2D eigenvalue weighted by molar-refractivity contribution is -0.733. The van der Waals surface area contributed by atoms with Gasteiger partial charge in [-0.15, -0.1) is 9.36 Å². The summed E-state index contributed by atoms with van der Waals surface area (Å²) in [6, 6.07) is 42.6. The van der Waals surface area contributed by atoms with Gasteiger partial charge in [-0.25, -0.2) is 0 Å². The van der Waals surface area contributed by atoms with Crippen LogP contribution in [0.1, 0.15) is 0 Å². The zero-order chi connectivity index (χ0) is 20.3. The molecule has 5 rings (SSSR count). The van der Waals surface area contributed by atoms with Gasteiger partial charge in [-0.1, -0.05) is 97.1 Å². The van der Waals surface area contributed by atoms with Crippen molar-refractivity contribution in [3.63, 3.8) is 0 Å². The molecule has 0 amide bonds. The number of rotatable bonds is 4. The van der Waals surface area contributed by atoms with E-state index in [0.717, 1.165) is 5.69 Å². The zero-order valence-electron chi connectivity index (χ0n) is 16.9. The molecule has 0 spiro atoms. The minimum atomic E-state index is 1.14. The van der Waals surface area contributed by atoms with Gasteiger partial charge in [0.1, 0.15) is 11.4 Å². The van der Waals surface area contributed by atoms with Gasteiger partial charge in [-0.2, -0.15) is 0 Å². The van der Waals surface area contributed by atoms with Gasteiger partial charge in [0.15, 0.2) is 7.05 Å². The largest absolute Gasteiger partial charge is 0.247 e. The molecule has 0 fully saturated rings. The van der Waals surface area contributed by atoms with E-state index in [9.17, 15) is 0 Å². The fourth-order valence-electron chi connectivity index (χ4n) is 4.17. The number of hydrogen-bond donors (Lipinski definition) is 0. The Hall–Kier alpha value is -3.91. The lowest BCUT2D eigenvalue weighted by Gasteiger charge is -2.08. The highest BCUT2D eigenvalue weighted by Gasteiger charge is 2.31. The van der Waals surface area contributed by atoms with E-state index in [2.05, 4.69) is 138 Å². The first-order valence-electron chi connectivity index (χ1n) is 10.2. The third-order valence-electron chi connectivity index (χ3n) is 5.47. The van der Waals surface area contributed by atoms with Gasteiger partial charge < -0.3 is 0 Å². The SMILES string of the molecule is C[n+]1c(-c2ccccc2)c(-c2ccccc2)c(-c2ccccc2)n1-c1ccccc1. The normalized spacial score (nSPS) is 10.8. The van der Waals surface area contributed by atoms with Crippen LogP contribution in [-0.4, -0.2) is 4.68 Å². The van der Waals surface area contributed by atoms with Crippen LogP contribution in [0.25, 0.3) is 39.3 Å². The lowest BCUT2D eigenvalue weighted by Crippen LogP contribution is -2.40. The average Bonchev–Trinajstić information content (AvgIpc) is 3.14. The van der Waals surface area contributed by atoms with Gasteiger partial charge in [0.2, 0.25) is 5.69 Å². The van der Waals surface area contributed by atoms with E-state index in [1.165, 1.54) is 33.6 Å². The topological polar surface area (TPSA) is 8.81 Å². The third kappa shape index (κ3) is 3.13. The highest BCUT2D eigenvalue weighted by atomic mass is 15.4. The highest BCUT2D eigenvalue weighted by molar-refractivity contribution is 5.90. The number of nitrogens with zero attached hydrogens (tertiary/aromatic N) is 2. The summed E-state index contributed by atoms with van der Waals surface area (Å²) in [4.78, 5) is 0. The number of hydrogen-bond acceptors (Lipinski definition) is 0. The lowest BCUT2D eigenvalue weighted by atomic mass is 9.95. The van der Waals surface area contributed by atoms with Crippen molar-refractivity contribution < 1.29 is 4.68 Å². The van der Waals surface area contributed by atoms with E-state index < -0.39 is 0 Å². The van der Waals surface area contributed by atoms with Crippen LogP contribution in [0.15, 0.2) is 121 Å². The Morgan fingerprint density at radius 3 is 1.47 bits per heavy atom. The van der Waals surface area contributed by atoms with Crippen molar-refractivity contribution in [1.29, 1.82) is 0 Å². The summed E-state index contributed by atoms with van der Waals surface area (Å²) >= 11 is 0. The predicted molar refractivity (Wildman–Crippen MR) is 123 cm³/mol. The van der Waals surface area contributed by atoms with E-state index >= 15 is 0 Å². The Bertz CT molecular complexity index is 1160. The molecule has 0 aliphatic rings. The van der Waals surface area contributed by atoms with E-state index in [1.807, 2.05) is 0 Å². The third-order valence-corrected chi connectivity index (χ3v) is 5.47. The summed E-state index contributed by atoms with van der Waals surface area (Å²) in [5.41, 5.74) is 8.36. The zero-order valence-corrected chi connectivity index (χ0v) is 16.9. The Morgan fingerprint density at radius 1 is 0.500 bits per heavy atom. The van der Waals surface area contributed by atoms with Crippen LogP contribution in [0.5, 0.6) is 0 Å². The van der Waals surface area contributed by atoms with Crippen molar-refractivity contribution in [2.45, 2.75) is 0 Å². The first kappa shape index (κ1) is 18.1. The van der Waals surface area contributed by atoms with Crippen LogP contribution < -0.4 is 4.68 Å². The molecule has 0 aliphatic heterocycles. The Morgan fingerprint density at radius 2 is 0.933 bits per heavy atom. The molecule has 1 heterocycles. The van der Waals surface area contributed by atoms with Crippen LogP contribution in [-0.2, 0) is 7.05 Å². The minimum absolute atomic E-state index is 1.14. The standard InChI is InChI=1S/C28H23N2/c1-29-27(23-16-8-3-9-17-23)26(22-14-6-2-7-15-22)28(24-18-10-4-11-19-24)30(29)25-20-12-5-13-21-25/h2-21H,1H3/q+1. The molecule has 0 saturated carbocycles. The molecule has 0 N–H and O–H groups in total. The fraction of sp³-hybridized carbons (Fsp3) is 0.0357. The molecule has 1 aromatic heterocycles. The van der Waals surface area contributed by atoms with Crippen LogP contribution in [0.4, 0.5) is 0 Å². The van der Waals surface area contributed by atoms with E-state index in [4.69, 9.17) is 0 Å². The maximum absolute atomic E-state index is 2.32. The second kappa shape index (κ2) is 7.84. The predicted octanol–water partition coefficient (Wildman–Crippen LogP) is 6.30. The summed E-state index contributed by atoms with van der Waals surface area (Å²) in [5, 5.41) is 0. The molecule has 0 atom stereocenters. The molecular formula is C28H23N2+. The maximum Gasteiger partial charge on any atom is 0.247 e. The summed E-state index contributed by atoms with van der Waals surface area (Å²) < 4.78 is 4.59. The van der Waals surface area contributed by atoms with Gasteiger partial charge in [0.05, 0.1) is 5.56 Å². The second-order valence-electron chi connectivity index (χ2n) is 7.34. The van der Waals surface area contributed by atoms with E-state index in [-0.39, 0.29) is 0 Å². The average molecular weight is 388 g/mol. The van der Waals surface area contributed by atoms with Gasteiger partial charge in [0, 0.05) is 11.1 Å². The summed E-state index contributed by atoms with van der Waals surface area (Å²) in [5.74, 6) is 0. The molecule has 2 nitrogen and oxygen atoms in total. The molecule has 0 unspecified atom stereocenters. The Labute approximate surface area is 177 Å². The monoisotopic (exact) mass is 387 g/mol. The maximum atomic E-state index is 2.32. The highest BCUT2D eigenvalue weighted by Crippen LogP contribution is 2.39. The number of para-hydroxylation sites is 1. The van der Waals surface area contributed by atoms with E-state index in [1.54, 1.807) is 0 Å². The molecule has 4 aromatic carbocycles. The van der Waals surface area contributed by atoms with Crippen molar-refractivity contribution in [3.8, 4) is 39.3 Å². The number of aromatic nitrogens is 2. The van der Waals surface area contributed by atoms with Crippen LogP contribution >= 0.6 is 0 Å². The van der Waals surface area contributed by atoms with Crippen molar-refractivity contribution in [2.75, 3.05) is 0 Å². The van der Waals surface area contributed by atoms with Gasteiger partial charge in [-0.3, -0.25) is 0 Å². The van der Waals surface area contributed by atoms with Gasteiger partial charge >= 0.3 is 0 Å². The van der Waals surface area contributed by atoms with Gasteiger partial charge in [-0.05, 0) is 29.8 Å². The first-order valence-corrected chi connectivity index (χ1v) is 10.2. The molecule has 5 aromatic rings. The minimum Gasteiger partial charge on any atom is -0.120 e. The molecule has 0 aliphatic carbocycles. The van der Waals surface area contributed by atoms with Crippen molar-refractivity contribution in [2.24, 2.45) is 7.05 Å². The molecule has 0 saturated heterocycles. The van der Waals surface area contributed by atoms with Crippen molar-refractivity contribution in [1.82, 2.24) is 4.68 Å². The molecular weight excluding hydrogens is 364 g/mol. The summed E-state index contributed by atoms with van der Waals surface area (Å²) in [6.07, 6.45) is 0. The fourth-order valence-corrected chi connectivity index (χ4v) is 4.17. The Balaban J connectivity index is 1.95. The van der Waals surface area contributed by atoms with Crippen LogP contribution in [0.3, 0.4) is 0 Å². The van der Waals surface area contributed by atoms with Crippen LogP contribution in [0, 0.1) is 0 Å². The molecule has 2 heteroatoms. The number of benzene rings is 4. The summed E-state index contributed by atoms with van der Waals surface area (Å²) in [6.45, 7) is 0. The van der Waals surface area contributed by atoms with Gasteiger partial charge in [0.25, 0.3) is 0 Å². The van der Waals surface area contributed by atoms with Crippen molar-refractivity contribution in [3.05, 3.63) is 121 Å².